The lowest BCUT2D eigenvalue weighted by atomic mass is 10.1. The molecule has 2 aromatic rings. The summed E-state index contributed by atoms with van der Waals surface area (Å²) in [5.74, 6) is 1.32. The van der Waals surface area contributed by atoms with Crippen LogP contribution in [-0.4, -0.2) is 22.9 Å². The zero-order chi connectivity index (χ0) is 15.2. The van der Waals surface area contributed by atoms with Crippen LogP contribution >= 0.6 is 0 Å². The number of hydrogen-bond acceptors (Lipinski definition) is 3. The quantitative estimate of drug-likeness (QED) is 0.847. The van der Waals surface area contributed by atoms with Gasteiger partial charge in [-0.25, -0.2) is 4.68 Å². The van der Waals surface area contributed by atoms with Gasteiger partial charge in [0, 0.05) is 12.1 Å². The average molecular weight is 287 g/mol. The molecule has 1 aromatic heterocycles. The van der Waals surface area contributed by atoms with Crippen molar-refractivity contribution in [1.29, 1.82) is 0 Å². The topological polar surface area (TPSA) is 39.1 Å². The van der Waals surface area contributed by atoms with Gasteiger partial charge in [0.2, 0.25) is 0 Å². The molecule has 4 nitrogen and oxygen atoms in total. The molecule has 21 heavy (non-hydrogen) atoms. The summed E-state index contributed by atoms with van der Waals surface area (Å²) in [6, 6.07) is 8.10. The van der Waals surface area contributed by atoms with Gasteiger partial charge < -0.3 is 10.1 Å². The van der Waals surface area contributed by atoms with Gasteiger partial charge in [0.25, 0.3) is 0 Å². The summed E-state index contributed by atoms with van der Waals surface area (Å²) in [6.45, 7) is 11.0. The molecule has 0 amide bonds. The predicted octanol–water partition coefficient (Wildman–Crippen LogP) is 3.50. The van der Waals surface area contributed by atoms with E-state index in [-0.39, 0.29) is 0 Å². The molecule has 0 atom stereocenters. The van der Waals surface area contributed by atoms with E-state index in [1.807, 2.05) is 29.9 Å². The zero-order valence-corrected chi connectivity index (χ0v) is 13.4. The number of benzene rings is 1. The van der Waals surface area contributed by atoms with E-state index in [0.717, 1.165) is 24.5 Å². The van der Waals surface area contributed by atoms with Gasteiger partial charge in [-0.3, -0.25) is 0 Å². The van der Waals surface area contributed by atoms with Crippen molar-refractivity contribution in [2.24, 2.45) is 0 Å². The van der Waals surface area contributed by atoms with Gasteiger partial charge in [-0.05, 0) is 43.7 Å². The van der Waals surface area contributed by atoms with E-state index in [4.69, 9.17) is 4.74 Å². The first-order chi connectivity index (χ1) is 10.2. The van der Waals surface area contributed by atoms with Gasteiger partial charge in [-0.1, -0.05) is 20.8 Å². The highest BCUT2D eigenvalue weighted by molar-refractivity contribution is 5.40. The molecule has 0 saturated heterocycles. The number of hydrogen-bond donors (Lipinski definition) is 1. The van der Waals surface area contributed by atoms with Crippen LogP contribution in [0, 0.1) is 0 Å². The first-order valence-electron chi connectivity index (χ1n) is 7.68. The SMILES string of the molecule is CCNCc1cnn(-c2ccc(OCC)cc2)c1C(C)C. The Morgan fingerprint density at radius 1 is 1.19 bits per heavy atom. The summed E-state index contributed by atoms with van der Waals surface area (Å²) < 4.78 is 7.53. The summed E-state index contributed by atoms with van der Waals surface area (Å²) in [7, 11) is 0. The summed E-state index contributed by atoms with van der Waals surface area (Å²) in [6.07, 6.45) is 1.97. The number of nitrogens with zero attached hydrogens (tertiary/aromatic N) is 2. The Balaban J connectivity index is 2.32. The Kier molecular flexibility index (Phi) is 5.39. The Labute approximate surface area is 127 Å². The van der Waals surface area contributed by atoms with Crippen LogP contribution < -0.4 is 10.1 Å². The smallest absolute Gasteiger partial charge is 0.119 e. The lowest BCUT2D eigenvalue weighted by Crippen LogP contribution is -2.14. The van der Waals surface area contributed by atoms with Crippen molar-refractivity contribution in [3.63, 3.8) is 0 Å². The highest BCUT2D eigenvalue weighted by Gasteiger charge is 2.15. The minimum atomic E-state index is 0.424. The number of ether oxygens (including phenoxy) is 1. The van der Waals surface area contributed by atoms with Crippen molar-refractivity contribution >= 4 is 0 Å². The predicted molar refractivity (Wildman–Crippen MR) is 86.2 cm³/mol. The van der Waals surface area contributed by atoms with Gasteiger partial charge in [-0.2, -0.15) is 5.10 Å². The fourth-order valence-corrected chi connectivity index (χ4v) is 2.46. The minimum Gasteiger partial charge on any atom is -0.494 e. The zero-order valence-electron chi connectivity index (χ0n) is 13.4. The third-order valence-corrected chi connectivity index (χ3v) is 3.39. The molecule has 2 rings (SSSR count). The molecule has 0 aliphatic heterocycles. The van der Waals surface area contributed by atoms with Crippen molar-refractivity contribution in [3.05, 3.63) is 41.7 Å². The van der Waals surface area contributed by atoms with Crippen LogP contribution in [0.4, 0.5) is 0 Å². The van der Waals surface area contributed by atoms with E-state index in [1.165, 1.54) is 11.3 Å². The molecule has 0 bridgehead atoms. The lowest BCUT2D eigenvalue weighted by Gasteiger charge is -2.13. The Morgan fingerprint density at radius 2 is 1.90 bits per heavy atom. The number of rotatable bonds is 7. The second-order valence-corrected chi connectivity index (χ2v) is 5.33. The van der Waals surface area contributed by atoms with Crippen LogP contribution in [-0.2, 0) is 6.54 Å². The average Bonchev–Trinajstić information content (AvgIpc) is 2.90. The van der Waals surface area contributed by atoms with Gasteiger partial charge in [0.15, 0.2) is 0 Å². The Bertz CT molecular complexity index is 558. The van der Waals surface area contributed by atoms with E-state index in [1.54, 1.807) is 0 Å². The maximum atomic E-state index is 5.49. The molecule has 0 unspecified atom stereocenters. The van der Waals surface area contributed by atoms with Crippen molar-refractivity contribution in [2.45, 2.75) is 40.2 Å². The van der Waals surface area contributed by atoms with Crippen LogP contribution in [0.25, 0.3) is 5.69 Å². The highest BCUT2D eigenvalue weighted by atomic mass is 16.5. The Hall–Kier alpha value is -1.81. The summed E-state index contributed by atoms with van der Waals surface area (Å²) in [5, 5.41) is 7.95. The van der Waals surface area contributed by atoms with Crippen molar-refractivity contribution in [3.8, 4) is 11.4 Å². The van der Waals surface area contributed by atoms with E-state index in [9.17, 15) is 0 Å². The van der Waals surface area contributed by atoms with E-state index < -0.39 is 0 Å². The van der Waals surface area contributed by atoms with Crippen LogP contribution in [0.3, 0.4) is 0 Å². The number of aromatic nitrogens is 2. The van der Waals surface area contributed by atoms with E-state index >= 15 is 0 Å². The van der Waals surface area contributed by atoms with E-state index in [2.05, 4.69) is 43.3 Å². The molecular formula is C17H25N3O. The van der Waals surface area contributed by atoms with Crippen LogP contribution in [0.2, 0.25) is 0 Å². The lowest BCUT2D eigenvalue weighted by molar-refractivity contribution is 0.340. The largest absolute Gasteiger partial charge is 0.494 e. The molecule has 4 heteroatoms. The molecular weight excluding hydrogens is 262 g/mol. The third-order valence-electron chi connectivity index (χ3n) is 3.39. The fourth-order valence-electron chi connectivity index (χ4n) is 2.46. The van der Waals surface area contributed by atoms with Gasteiger partial charge in [0.1, 0.15) is 5.75 Å². The van der Waals surface area contributed by atoms with Crippen LogP contribution in [0.1, 0.15) is 44.9 Å². The third kappa shape index (κ3) is 3.64. The molecule has 1 aromatic carbocycles. The molecule has 0 radical (unpaired) electrons. The van der Waals surface area contributed by atoms with Gasteiger partial charge in [0.05, 0.1) is 24.2 Å². The highest BCUT2D eigenvalue weighted by Crippen LogP contribution is 2.24. The van der Waals surface area contributed by atoms with Crippen molar-refractivity contribution in [2.75, 3.05) is 13.2 Å². The summed E-state index contributed by atoms with van der Waals surface area (Å²) >= 11 is 0. The molecule has 0 saturated carbocycles. The molecule has 0 aliphatic rings. The van der Waals surface area contributed by atoms with Crippen molar-refractivity contribution in [1.82, 2.24) is 15.1 Å². The van der Waals surface area contributed by atoms with Gasteiger partial charge >= 0.3 is 0 Å². The second-order valence-electron chi connectivity index (χ2n) is 5.33. The number of nitrogens with one attached hydrogen (secondary N) is 1. The van der Waals surface area contributed by atoms with Gasteiger partial charge in [-0.15, -0.1) is 0 Å². The Morgan fingerprint density at radius 3 is 2.48 bits per heavy atom. The summed E-state index contributed by atoms with van der Waals surface area (Å²) in [4.78, 5) is 0. The molecule has 0 spiro atoms. The molecule has 0 fully saturated rings. The first kappa shape index (κ1) is 15.6. The second kappa shape index (κ2) is 7.27. The maximum absolute atomic E-state index is 5.49. The minimum absolute atomic E-state index is 0.424. The standard InChI is InChI=1S/C17H25N3O/c1-5-18-11-14-12-19-20(17(14)13(3)4)15-7-9-16(10-8-15)21-6-2/h7-10,12-13,18H,5-6,11H2,1-4H3. The first-order valence-corrected chi connectivity index (χ1v) is 7.68. The maximum Gasteiger partial charge on any atom is 0.119 e. The molecule has 1 N–H and O–H groups in total. The molecule has 1 heterocycles. The molecule has 0 aliphatic carbocycles. The van der Waals surface area contributed by atoms with Crippen molar-refractivity contribution < 1.29 is 4.74 Å². The fraction of sp³-hybridized carbons (Fsp3) is 0.471. The molecule has 114 valence electrons. The monoisotopic (exact) mass is 287 g/mol. The van der Waals surface area contributed by atoms with Crippen LogP contribution in [0.15, 0.2) is 30.5 Å². The van der Waals surface area contributed by atoms with E-state index in [0.29, 0.717) is 12.5 Å². The summed E-state index contributed by atoms with van der Waals surface area (Å²) in [5.41, 5.74) is 3.60. The van der Waals surface area contributed by atoms with Crippen LogP contribution in [0.5, 0.6) is 5.75 Å². The normalized spacial score (nSPS) is 11.1.